The minimum Gasteiger partial charge on any atom is -0.492 e. The summed E-state index contributed by atoms with van der Waals surface area (Å²) in [6, 6.07) is 18.4. The highest BCUT2D eigenvalue weighted by Crippen LogP contribution is 2.21. The normalized spacial score (nSPS) is 11.9. The molecule has 28 heavy (non-hydrogen) atoms. The summed E-state index contributed by atoms with van der Waals surface area (Å²) in [5, 5.41) is 3.30. The molecule has 0 spiro atoms. The van der Waals surface area contributed by atoms with Gasteiger partial charge in [-0.2, -0.15) is 0 Å². The number of hydrogen-bond donors (Lipinski definition) is 0. The van der Waals surface area contributed by atoms with Crippen LogP contribution in [0.3, 0.4) is 0 Å². The van der Waals surface area contributed by atoms with Crippen molar-refractivity contribution in [2.45, 2.75) is 0 Å². The highest BCUT2D eigenvalue weighted by atomic mass is 15.2. The molecule has 0 fully saturated rings. The molecule has 1 radical (unpaired) electrons. The molecular formula is C21H15BN6-. The Hall–Kier alpha value is -3.87. The van der Waals surface area contributed by atoms with E-state index in [0.29, 0.717) is 0 Å². The number of pyridine rings is 3. The molecule has 0 aliphatic carbocycles. The molecule has 0 N–H and O–H groups in total. The van der Waals surface area contributed by atoms with Gasteiger partial charge in [0, 0.05) is 34.7 Å². The molecule has 133 valence electrons. The quantitative estimate of drug-likeness (QED) is 0.452. The van der Waals surface area contributed by atoms with Crippen molar-refractivity contribution < 1.29 is 0 Å². The molecule has 6 rings (SSSR count). The summed E-state index contributed by atoms with van der Waals surface area (Å²) in [6.45, 7) is 0. The molecule has 6 aromatic heterocycles. The molecule has 0 aliphatic rings. The van der Waals surface area contributed by atoms with E-state index in [4.69, 9.17) is 0 Å². The van der Waals surface area contributed by atoms with Gasteiger partial charge < -0.3 is 13.4 Å². The van der Waals surface area contributed by atoms with Crippen LogP contribution in [-0.2, 0) is 0 Å². The molecule has 0 saturated carbocycles. The van der Waals surface area contributed by atoms with E-state index in [-0.39, 0.29) is 7.12 Å². The van der Waals surface area contributed by atoms with Crippen molar-refractivity contribution in [3.05, 3.63) is 91.8 Å². The highest BCUT2D eigenvalue weighted by molar-refractivity contribution is 6.57. The van der Waals surface area contributed by atoms with E-state index in [0.717, 1.165) is 33.1 Å². The van der Waals surface area contributed by atoms with Gasteiger partial charge in [0.25, 0.3) is 0 Å². The van der Waals surface area contributed by atoms with Gasteiger partial charge in [-0.15, -0.1) is 0 Å². The zero-order chi connectivity index (χ0) is 18.5. The van der Waals surface area contributed by atoms with Crippen molar-refractivity contribution in [3.8, 4) is 0 Å². The van der Waals surface area contributed by atoms with E-state index in [1.807, 2.05) is 36.8 Å². The third-order valence-corrected chi connectivity index (χ3v) is 5.17. The minimum absolute atomic E-state index is 0.216. The first kappa shape index (κ1) is 15.2. The molecule has 6 heterocycles. The van der Waals surface area contributed by atoms with Gasteiger partial charge in [-0.25, -0.2) is 15.0 Å². The Labute approximate surface area is 160 Å². The molecule has 6 aromatic rings. The molecule has 0 unspecified atom stereocenters. The van der Waals surface area contributed by atoms with Gasteiger partial charge in [0.15, 0.2) is 0 Å². The standard InChI is InChI=1S/C21H15BN6/c1-4-16-7-13-26(19(16)23-10-1)22(27-14-8-17-5-2-11-24-20(17)27)28-15-9-18-6-3-12-25-21(18)28/h1-15H/q-1. The number of rotatable bonds is 3. The summed E-state index contributed by atoms with van der Waals surface area (Å²) < 4.78 is 6.49. The maximum absolute atomic E-state index is 4.64. The van der Waals surface area contributed by atoms with Crippen molar-refractivity contribution in [1.82, 2.24) is 28.4 Å². The molecule has 0 aromatic carbocycles. The number of fused-ring (bicyclic) bond motifs is 3. The van der Waals surface area contributed by atoms with E-state index < -0.39 is 0 Å². The monoisotopic (exact) mass is 362 g/mol. The summed E-state index contributed by atoms with van der Waals surface area (Å²) in [5.74, 6) is 0. The maximum atomic E-state index is 4.64. The van der Waals surface area contributed by atoms with E-state index in [9.17, 15) is 0 Å². The van der Waals surface area contributed by atoms with Gasteiger partial charge in [-0.05, 0) is 73.2 Å². The Morgan fingerprint density at radius 1 is 0.500 bits per heavy atom. The average Bonchev–Trinajstić information content (AvgIpc) is 3.47. The zero-order valence-electron chi connectivity index (χ0n) is 14.9. The predicted molar refractivity (Wildman–Crippen MR) is 111 cm³/mol. The van der Waals surface area contributed by atoms with Crippen LogP contribution in [0.1, 0.15) is 0 Å². The van der Waals surface area contributed by atoms with Gasteiger partial charge in [0.05, 0.1) is 0 Å². The number of nitrogens with zero attached hydrogens (tertiary/aromatic N) is 6. The van der Waals surface area contributed by atoms with Crippen LogP contribution in [-0.4, -0.2) is 35.5 Å². The van der Waals surface area contributed by atoms with Gasteiger partial charge in [-0.3, -0.25) is 0 Å². The summed E-state index contributed by atoms with van der Waals surface area (Å²) in [7, 11) is -0.216. The van der Waals surface area contributed by atoms with Crippen molar-refractivity contribution in [1.29, 1.82) is 0 Å². The largest absolute Gasteiger partial charge is 0.492 e. The van der Waals surface area contributed by atoms with Gasteiger partial charge in [0.2, 0.25) is 7.12 Å². The third-order valence-electron chi connectivity index (χ3n) is 5.17. The molecule has 0 amide bonds. The van der Waals surface area contributed by atoms with Crippen LogP contribution in [0.2, 0.25) is 0 Å². The fourth-order valence-corrected chi connectivity index (χ4v) is 3.92. The molecule has 0 atom stereocenters. The average molecular weight is 362 g/mol. The maximum Gasteiger partial charge on any atom is 0.206 e. The van der Waals surface area contributed by atoms with E-state index >= 15 is 0 Å². The van der Waals surface area contributed by atoms with E-state index in [1.165, 1.54) is 0 Å². The van der Waals surface area contributed by atoms with Crippen LogP contribution in [0.4, 0.5) is 0 Å². The second kappa shape index (κ2) is 5.82. The summed E-state index contributed by atoms with van der Waals surface area (Å²) in [5.41, 5.74) is 2.76. The Balaban J connectivity index is 1.69. The lowest BCUT2D eigenvalue weighted by atomic mass is 9.91. The Morgan fingerprint density at radius 3 is 1.21 bits per heavy atom. The molecule has 6 nitrogen and oxygen atoms in total. The van der Waals surface area contributed by atoms with Crippen LogP contribution < -0.4 is 0 Å². The summed E-state index contributed by atoms with van der Waals surface area (Å²) in [6.07, 6.45) is 11.7. The van der Waals surface area contributed by atoms with Crippen LogP contribution in [0.25, 0.3) is 33.1 Å². The fraction of sp³-hybridized carbons (Fsp3) is 0. The van der Waals surface area contributed by atoms with Crippen LogP contribution in [0.5, 0.6) is 0 Å². The van der Waals surface area contributed by atoms with Crippen molar-refractivity contribution in [2.24, 2.45) is 0 Å². The lowest BCUT2D eigenvalue weighted by Gasteiger charge is -2.35. The van der Waals surface area contributed by atoms with Gasteiger partial charge in [0.1, 0.15) is 16.9 Å². The number of aromatic nitrogens is 6. The molecule has 0 bridgehead atoms. The third kappa shape index (κ3) is 2.13. The first-order valence-corrected chi connectivity index (χ1v) is 9.15. The minimum atomic E-state index is -0.216. The lowest BCUT2D eigenvalue weighted by Crippen LogP contribution is -2.40. The van der Waals surface area contributed by atoms with Crippen molar-refractivity contribution in [3.63, 3.8) is 0 Å². The van der Waals surface area contributed by atoms with Crippen molar-refractivity contribution in [2.75, 3.05) is 0 Å². The van der Waals surface area contributed by atoms with E-state index in [2.05, 4.69) is 83.4 Å². The first-order valence-electron chi connectivity index (χ1n) is 9.15. The zero-order valence-corrected chi connectivity index (χ0v) is 14.9. The first-order chi connectivity index (χ1) is 13.9. The van der Waals surface area contributed by atoms with Crippen LogP contribution in [0, 0.1) is 0 Å². The Bertz CT molecular complexity index is 1270. The second-order valence-electron chi connectivity index (χ2n) is 6.76. The Morgan fingerprint density at radius 2 is 0.857 bits per heavy atom. The van der Waals surface area contributed by atoms with Gasteiger partial charge >= 0.3 is 0 Å². The summed E-state index contributed by atoms with van der Waals surface area (Å²) >= 11 is 0. The Kier molecular flexibility index (Phi) is 3.16. The number of hydrogen-bond acceptors (Lipinski definition) is 3. The molecular weight excluding hydrogens is 347 g/mol. The summed E-state index contributed by atoms with van der Waals surface area (Å²) in [4.78, 5) is 13.9. The molecule has 7 heteroatoms. The van der Waals surface area contributed by atoms with Crippen LogP contribution >= 0.6 is 0 Å². The molecule has 0 aliphatic heterocycles. The van der Waals surface area contributed by atoms with Crippen molar-refractivity contribution >= 4 is 40.2 Å². The molecule has 0 saturated heterocycles. The van der Waals surface area contributed by atoms with Crippen LogP contribution in [0.15, 0.2) is 91.8 Å². The predicted octanol–water partition coefficient (Wildman–Crippen LogP) is 3.67. The second-order valence-corrected chi connectivity index (χ2v) is 6.76. The van der Waals surface area contributed by atoms with E-state index in [1.54, 1.807) is 0 Å². The fourth-order valence-electron chi connectivity index (χ4n) is 3.92. The topological polar surface area (TPSA) is 53.5 Å². The smallest absolute Gasteiger partial charge is 0.206 e. The highest BCUT2D eigenvalue weighted by Gasteiger charge is 2.14. The SMILES string of the molecule is c1cnc2c(c1)ccn2[B-](n1ccc2cccnc21)n1ccc2cccnc21. The van der Waals surface area contributed by atoms with Gasteiger partial charge in [-0.1, -0.05) is 0 Å². The lowest BCUT2D eigenvalue weighted by molar-refractivity contribution is 0.988.